The average Bonchev–Trinajstić information content (AvgIpc) is 2.77. The monoisotopic (exact) mass is 422 g/mol. The van der Waals surface area contributed by atoms with Crippen molar-refractivity contribution < 1.29 is 8.85 Å². The Balaban J connectivity index is 2.37. The molecule has 170 valence electrons. The third-order valence-electron chi connectivity index (χ3n) is 7.18. The second-order valence-corrected chi connectivity index (χ2v) is 12.1. The van der Waals surface area contributed by atoms with Gasteiger partial charge in [0.2, 0.25) is 0 Å². The molecule has 29 heavy (non-hydrogen) atoms. The minimum absolute atomic E-state index is 0.532. The minimum Gasteiger partial charge on any atom is -0.396 e. The largest absolute Gasteiger partial charge is 0.396 e. The molecule has 0 N–H and O–H groups in total. The van der Waals surface area contributed by atoms with E-state index in [1.807, 2.05) is 11.1 Å². The summed E-state index contributed by atoms with van der Waals surface area (Å²) < 4.78 is 12.9. The van der Waals surface area contributed by atoms with E-state index in [4.69, 9.17) is 8.85 Å². The fourth-order valence-electron chi connectivity index (χ4n) is 5.69. The van der Waals surface area contributed by atoms with Gasteiger partial charge in [-0.05, 0) is 63.2 Å². The van der Waals surface area contributed by atoms with Gasteiger partial charge in [0.05, 0.1) is 0 Å². The molecule has 0 spiro atoms. The maximum absolute atomic E-state index is 6.45. The highest BCUT2D eigenvalue weighted by Crippen LogP contribution is 2.45. The van der Waals surface area contributed by atoms with E-state index in [-0.39, 0.29) is 0 Å². The normalized spacial score (nSPS) is 21.4. The van der Waals surface area contributed by atoms with Gasteiger partial charge in [-0.25, -0.2) is 0 Å². The summed E-state index contributed by atoms with van der Waals surface area (Å²) in [6, 6.07) is 0. The fourth-order valence-corrected chi connectivity index (χ4v) is 8.08. The van der Waals surface area contributed by atoms with Crippen molar-refractivity contribution in [3.63, 3.8) is 0 Å². The standard InChI is InChI=1S/C26H50O2Si/c1-5-8-19-25(23-15-11-9-12-16-23)26(24-17-13-10-14-18-24)22(4)29(27-20-6-2)28-21-7-3/h22-24,29H,5-21H2,1-4H3. The van der Waals surface area contributed by atoms with Crippen molar-refractivity contribution in [2.45, 2.75) is 130 Å². The van der Waals surface area contributed by atoms with Crippen LogP contribution in [0.4, 0.5) is 0 Å². The van der Waals surface area contributed by atoms with E-state index in [1.165, 1.54) is 83.5 Å². The Labute approximate surface area is 184 Å². The molecule has 2 aliphatic carbocycles. The molecule has 2 nitrogen and oxygen atoms in total. The van der Waals surface area contributed by atoms with Gasteiger partial charge in [-0.15, -0.1) is 0 Å². The highest BCUT2D eigenvalue weighted by Gasteiger charge is 2.34. The van der Waals surface area contributed by atoms with E-state index in [0.29, 0.717) is 5.54 Å². The lowest BCUT2D eigenvalue weighted by Gasteiger charge is -2.37. The molecule has 0 heterocycles. The summed E-state index contributed by atoms with van der Waals surface area (Å²) in [6.45, 7) is 11.0. The summed E-state index contributed by atoms with van der Waals surface area (Å²) in [5, 5.41) is 0. The van der Waals surface area contributed by atoms with E-state index < -0.39 is 9.28 Å². The molecule has 2 saturated carbocycles. The highest BCUT2D eigenvalue weighted by molar-refractivity contribution is 6.47. The van der Waals surface area contributed by atoms with Crippen molar-refractivity contribution in [2.24, 2.45) is 11.8 Å². The molecule has 0 amide bonds. The first-order valence-electron chi connectivity index (χ1n) is 13.2. The van der Waals surface area contributed by atoms with Crippen LogP contribution in [0.3, 0.4) is 0 Å². The zero-order valence-corrected chi connectivity index (χ0v) is 21.3. The lowest BCUT2D eigenvalue weighted by atomic mass is 9.73. The molecular weight excluding hydrogens is 372 g/mol. The van der Waals surface area contributed by atoms with Gasteiger partial charge in [-0.2, -0.15) is 0 Å². The highest BCUT2D eigenvalue weighted by atomic mass is 28.3. The van der Waals surface area contributed by atoms with Gasteiger partial charge >= 0.3 is 9.28 Å². The van der Waals surface area contributed by atoms with Crippen LogP contribution in [-0.4, -0.2) is 22.5 Å². The molecule has 2 rings (SSSR count). The number of hydrogen-bond acceptors (Lipinski definition) is 2. The molecule has 1 atom stereocenters. The lowest BCUT2D eigenvalue weighted by molar-refractivity contribution is 0.189. The van der Waals surface area contributed by atoms with E-state index in [9.17, 15) is 0 Å². The van der Waals surface area contributed by atoms with Crippen molar-refractivity contribution in [3.8, 4) is 0 Å². The van der Waals surface area contributed by atoms with E-state index >= 15 is 0 Å². The van der Waals surface area contributed by atoms with Crippen molar-refractivity contribution in [2.75, 3.05) is 13.2 Å². The quantitative estimate of drug-likeness (QED) is 0.220. The molecule has 0 aromatic rings. The zero-order valence-electron chi connectivity index (χ0n) is 20.1. The average molecular weight is 423 g/mol. The predicted octanol–water partition coefficient (Wildman–Crippen LogP) is 8.10. The Hall–Kier alpha value is -0.123. The third-order valence-corrected chi connectivity index (χ3v) is 9.49. The van der Waals surface area contributed by atoms with E-state index in [2.05, 4.69) is 27.7 Å². The lowest BCUT2D eigenvalue weighted by Crippen LogP contribution is -2.33. The van der Waals surface area contributed by atoms with Gasteiger partial charge in [-0.1, -0.05) is 83.8 Å². The summed E-state index contributed by atoms with van der Waals surface area (Å²) in [4.78, 5) is 0. The Kier molecular flexibility index (Phi) is 12.8. The molecule has 3 heteroatoms. The first-order chi connectivity index (χ1) is 14.2. The summed E-state index contributed by atoms with van der Waals surface area (Å²) >= 11 is 0. The molecule has 0 saturated heterocycles. The van der Waals surface area contributed by atoms with Crippen LogP contribution >= 0.6 is 0 Å². The predicted molar refractivity (Wildman–Crippen MR) is 129 cm³/mol. The number of allylic oxidation sites excluding steroid dienone is 2. The van der Waals surface area contributed by atoms with Gasteiger partial charge in [0.25, 0.3) is 0 Å². The molecule has 0 aromatic heterocycles. The van der Waals surface area contributed by atoms with Crippen LogP contribution in [0.1, 0.15) is 124 Å². The Bertz CT molecular complexity index is 442. The smallest absolute Gasteiger partial charge is 0.328 e. The van der Waals surface area contributed by atoms with Gasteiger partial charge < -0.3 is 8.85 Å². The maximum atomic E-state index is 6.45. The number of rotatable bonds is 13. The Morgan fingerprint density at radius 2 is 1.28 bits per heavy atom. The number of hydrogen-bond donors (Lipinski definition) is 0. The Morgan fingerprint density at radius 1 is 0.759 bits per heavy atom. The van der Waals surface area contributed by atoms with Gasteiger partial charge in [0, 0.05) is 18.8 Å². The van der Waals surface area contributed by atoms with Crippen molar-refractivity contribution in [1.82, 2.24) is 0 Å². The molecule has 0 aliphatic heterocycles. The van der Waals surface area contributed by atoms with Gasteiger partial charge in [-0.3, -0.25) is 0 Å². The van der Waals surface area contributed by atoms with Crippen LogP contribution in [-0.2, 0) is 8.85 Å². The van der Waals surface area contributed by atoms with Crippen LogP contribution in [0.5, 0.6) is 0 Å². The van der Waals surface area contributed by atoms with E-state index in [0.717, 1.165) is 37.9 Å². The summed E-state index contributed by atoms with van der Waals surface area (Å²) in [6.07, 6.45) is 20.5. The van der Waals surface area contributed by atoms with Crippen LogP contribution in [0.15, 0.2) is 11.1 Å². The minimum atomic E-state index is -1.69. The SMILES string of the molecule is CCCCC(=C(C1CCCCC1)C(C)[SiH](OCCC)OCCC)C1CCCCC1. The van der Waals surface area contributed by atoms with Crippen molar-refractivity contribution in [3.05, 3.63) is 11.1 Å². The van der Waals surface area contributed by atoms with Gasteiger partial charge in [0.1, 0.15) is 0 Å². The molecule has 1 unspecified atom stereocenters. The van der Waals surface area contributed by atoms with Crippen LogP contribution < -0.4 is 0 Å². The summed E-state index contributed by atoms with van der Waals surface area (Å²) in [5.74, 6) is 1.65. The Morgan fingerprint density at radius 3 is 1.76 bits per heavy atom. The molecule has 0 aromatic carbocycles. The zero-order chi connectivity index (χ0) is 20.9. The van der Waals surface area contributed by atoms with Crippen molar-refractivity contribution in [1.29, 1.82) is 0 Å². The fraction of sp³-hybridized carbons (Fsp3) is 0.923. The molecule has 0 radical (unpaired) electrons. The van der Waals surface area contributed by atoms with Crippen LogP contribution in [0.2, 0.25) is 5.54 Å². The first-order valence-corrected chi connectivity index (χ1v) is 14.8. The second kappa shape index (κ2) is 14.8. The topological polar surface area (TPSA) is 18.5 Å². The summed E-state index contributed by atoms with van der Waals surface area (Å²) in [5.41, 5.74) is 4.25. The maximum Gasteiger partial charge on any atom is 0.328 e. The van der Waals surface area contributed by atoms with Crippen molar-refractivity contribution >= 4 is 9.28 Å². The molecule has 2 aliphatic rings. The number of unbranched alkanes of at least 4 members (excludes halogenated alkanes) is 1. The van der Waals surface area contributed by atoms with E-state index in [1.54, 1.807) is 0 Å². The third kappa shape index (κ3) is 8.14. The van der Waals surface area contributed by atoms with Crippen LogP contribution in [0.25, 0.3) is 0 Å². The molecule has 2 fully saturated rings. The molecule has 0 bridgehead atoms. The summed E-state index contributed by atoms with van der Waals surface area (Å²) in [7, 11) is -1.69. The first kappa shape index (κ1) is 25.1. The van der Waals surface area contributed by atoms with Crippen LogP contribution in [0, 0.1) is 11.8 Å². The second-order valence-electron chi connectivity index (χ2n) is 9.65. The molecular formula is C26H50O2Si. The van der Waals surface area contributed by atoms with Gasteiger partial charge in [0.15, 0.2) is 0 Å².